The van der Waals surface area contributed by atoms with Gasteiger partial charge in [0, 0.05) is 0 Å². The van der Waals surface area contributed by atoms with Crippen molar-refractivity contribution in [3.05, 3.63) is 36.4 Å². The van der Waals surface area contributed by atoms with Gasteiger partial charge in [0.05, 0.1) is 18.8 Å². The van der Waals surface area contributed by atoms with Gasteiger partial charge in [0.1, 0.15) is 5.75 Å². The molecule has 1 heterocycles. The lowest BCUT2D eigenvalue weighted by molar-refractivity contribution is -0.150. The highest BCUT2D eigenvalue weighted by molar-refractivity contribution is 5.89. The Morgan fingerprint density at radius 3 is 2.84 bits per heavy atom. The first-order chi connectivity index (χ1) is 9.28. The lowest BCUT2D eigenvalue weighted by atomic mass is 10.1. The van der Waals surface area contributed by atoms with Crippen LogP contribution in [0.1, 0.15) is 6.92 Å². The maximum absolute atomic E-state index is 11.7. The number of fused-ring (bicyclic) bond motifs is 2. The van der Waals surface area contributed by atoms with E-state index in [-0.39, 0.29) is 5.97 Å². The quantitative estimate of drug-likeness (QED) is 0.840. The van der Waals surface area contributed by atoms with Gasteiger partial charge in [0.15, 0.2) is 0 Å². The van der Waals surface area contributed by atoms with Crippen LogP contribution in [0.25, 0.3) is 10.8 Å². The number of anilines is 1. The second kappa shape index (κ2) is 4.80. The van der Waals surface area contributed by atoms with E-state index in [0.717, 1.165) is 16.5 Å². The highest BCUT2D eigenvalue weighted by Crippen LogP contribution is 2.33. The first kappa shape index (κ1) is 11.8. The number of carbonyl (C=O) groups excluding carboxylic acids is 1. The fourth-order valence-corrected chi connectivity index (χ4v) is 2.22. The third-order valence-electron chi connectivity index (χ3n) is 3.14. The summed E-state index contributed by atoms with van der Waals surface area (Å²) in [6.45, 7) is 2.59. The van der Waals surface area contributed by atoms with Gasteiger partial charge in [0.25, 0.3) is 0 Å². The van der Waals surface area contributed by atoms with Crippen molar-refractivity contribution < 1.29 is 14.3 Å². The fraction of sp³-hybridized carbons (Fsp3) is 0.267. The number of rotatable bonds is 2. The molecule has 0 bridgehead atoms. The largest absolute Gasteiger partial charge is 0.475 e. The molecule has 1 aliphatic heterocycles. The van der Waals surface area contributed by atoms with E-state index >= 15 is 0 Å². The molecule has 4 nitrogen and oxygen atoms in total. The van der Waals surface area contributed by atoms with Crippen molar-refractivity contribution in [1.82, 2.24) is 0 Å². The number of hydrogen-bond acceptors (Lipinski definition) is 4. The summed E-state index contributed by atoms with van der Waals surface area (Å²) in [5.74, 6) is 0.372. The Balaban J connectivity index is 1.92. The molecule has 3 rings (SSSR count). The van der Waals surface area contributed by atoms with Crippen molar-refractivity contribution in [3.8, 4) is 5.75 Å². The molecule has 2 aromatic rings. The van der Waals surface area contributed by atoms with Crippen molar-refractivity contribution in [2.24, 2.45) is 0 Å². The Morgan fingerprint density at radius 2 is 2.11 bits per heavy atom. The third-order valence-corrected chi connectivity index (χ3v) is 3.14. The Hall–Kier alpha value is -2.23. The minimum absolute atomic E-state index is 0.325. The van der Waals surface area contributed by atoms with Crippen molar-refractivity contribution in [3.63, 3.8) is 0 Å². The van der Waals surface area contributed by atoms with Gasteiger partial charge in [-0.05, 0) is 29.8 Å². The zero-order valence-electron chi connectivity index (χ0n) is 10.7. The molecule has 1 atom stereocenters. The summed E-state index contributed by atoms with van der Waals surface area (Å²) in [6, 6.07) is 12.0. The van der Waals surface area contributed by atoms with Gasteiger partial charge in [0.2, 0.25) is 6.10 Å². The van der Waals surface area contributed by atoms with Gasteiger partial charge in [-0.2, -0.15) is 0 Å². The van der Waals surface area contributed by atoms with Gasteiger partial charge in [-0.15, -0.1) is 0 Å². The molecule has 1 aliphatic rings. The Labute approximate surface area is 111 Å². The molecule has 0 aliphatic carbocycles. The second-order valence-corrected chi connectivity index (χ2v) is 4.43. The molecule has 0 radical (unpaired) electrons. The molecular formula is C15H15NO3. The minimum atomic E-state index is -0.575. The monoisotopic (exact) mass is 257 g/mol. The van der Waals surface area contributed by atoms with Crippen LogP contribution < -0.4 is 10.1 Å². The Morgan fingerprint density at radius 1 is 1.37 bits per heavy atom. The molecule has 0 aromatic heterocycles. The van der Waals surface area contributed by atoms with Crippen molar-refractivity contribution >= 4 is 22.4 Å². The number of esters is 1. The molecular weight excluding hydrogens is 242 g/mol. The van der Waals surface area contributed by atoms with Gasteiger partial charge in [-0.3, -0.25) is 0 Å². The summed E-state index contributed by atoms with van der Waals surface area (Å²) in [6.07, 6.45) is -0.575. The number of benzene rings is 2. The molecule has 2 aromatic carbocycles. The van der Waals surface area contributed by atoms with Crippen LogP contribution in [0, 0.1) is 0 Å². The molecule has 0 fully saturated rings. The highest BCUT2D eigenvalue weighted by Gasteiger charge is 2.27. The molecule has 19 heavy (non-hydrogen) atoms. The number of nitrogens with one attached hydrogen (secondary N) is 1. The van der Waals surface area contributed by atoms with Crippen molar-refractivity contribution in [2.75, 3.05) is 18.5 Å². The molecule has 1 N–H and O–H groups in total. The molecule has 98 valence electrons. The van der Waals surface area contributed by atoms with Crippen LogP contribution in [0.3, 0.4) is 0 Å². The van der Waals surface area contributed by atoms with Crippen LogP contribution in [0.15, 0.2) is 36.4 Å². The fourth-order valence-electron chi connectivity index (χ4n) is 2.22. The van der Waals surface area contributed by atoms with E-state index in [9.17, 15) is 4.79 Å². The van der Waals surface area contributed by atoms with Crippen LogP contribution in [0.5, 0.6) is 5.75 Å². The zero-order valence-corrected chi connectivity index (χ0v) is 10.7. The lowest BCUT2D eigenvalue weighted by Crippen LogP contribution is -2.38. The third kappa shape index (κ3) is 2.21. The average molecular weight is 257 g/mol. The molecule has 0 unspecified atom stereocenters. The maximum Gasteiger partial charge on any atom is 0.349 e. The van der Waals surface area contributed by atoms with E-state index in [1.807, 2.05) is 30.3 Å². The second-order valence-electron chi connectivity index (χ2n) is 4.43. The predicted octanol–water partition coefficient (Wildman–Crippen LogP) is 2.58. The average Bonchev–Trinajstić information content (AvgIpc) is 2.44. The molecule has 0 amide bonds. The van der Waals surface area contributed by atoms with Crippen LogP contribution in [-0.2, 0) is 9.53 Å². The van der Waals surface area contributed by atoms with Gasteiger partial charge >= 0.3 is 5.97 Å². The van der Waals surface area contributed by atoms with Gasteiger partial charge in [-0.25, -0.2) is 4.79 Å². The van der Waals surface area contributed by atoms with Crippen LogP contribution in [0.2, 0.25) is 0 Å². The van der Waals surface area contributed by atoms with Crippen LogP contribution in [0.4, 0.5) is 5.69 Å². The maximum atomic E-state index is 11.7. The number of carbonyl (C=O) groups is 1. The summed E-state index contributed by atoms with van der Waals surface area (Å²) >= 11 is 0. The number of hydrogen-bond donors (Lipinski definition) is 1. The first-order valence-electron chi connectivity index (χ1n) is 6.38. The minimum Gasteiger partial charge on any atom is -0.475 e. The summed E-state index contributed by atoms with van der Waals surface area (Å²) in [7, 11) is 0. The van der Waals surface area contributed by atoms with Crippen molar-refractivity contribution in [1.29, 1.82) is 0 Å². The van der Waals surface area contributed by atoms with E-state index in [4.69, 9.17) is 9.47 Å². The van der Waals surface area contributed by atoms with Crippen LogP contribution >= 0.6 is 0 Å². The lowest BCUT2D eigenvalue weighted by Gasteiger charge is -2.26. The highest BCUT2D eigenvalue weighted by atomic mass is 16.6. The summed E-state index contributed by atoms with van der Waals surface area (Å²) < 4.78 is 10.7. The molecule has 0 saturated carbocycles. The normalized spacial score (nSPS) is 17.2. The van der Waals surface area contributed by atoms with E-state index < -0.39 is 6.10 Å². The zero-order chi connectivity index (χ0) is 13.2. The Bertz CT molecular complexity index is 624. The Kier molecular flexibility index (Phi) is 2.99. The molecule has 0 spiro atoms. The van der Waals surface area contributed by atoms with E-state index in [1.165, 1.54) is 0 Å². The standard InChI is InChI=1S/C15H15NO3/c1-2-18-15(17)14-9-16-12-7-10-5-3-4-6-11(10)8-13(12)19-14/h3-8,14,16H,2,9H2,1H3/t14-/m1/s1. The van der Waals surface area contributed by atoms with Crippen LogP contribution in [-0.4, -0.2) is 25.2 Å². The van der Waals surface area contributed by atoms with Gasteiger partial charge in [-0.1, -0.05) is 24.3 Å². The summed E-state index contributed by atoms with van der Waals surface area (Å²) in [5.41, 5.74) is 0.916. The van der Waals surface area contributed by atoms with Gasteiger partial charge < -0.3 is 14.8 Å². The van der Waals surface area contributed by atoms with E-state index in [1.54, 1.807) is 6.92 Å². The number of ether oxygens (including phenoxy) is 2. The summed E-state index contributed by atoms with van der Waals surface area (Å²) in [5, 5.41) is 5.45. The predicted molar refractivity (Wildman–Crippen MR) is 73.5 cm³/mol. The molecule has 4 heteroatoms. The summed E-state index contributed by atoms with van der Waals surface area (Å²) in [4.78, 5) is 11.7. The smallest absolute Gasteiger partial charge is 0.349 e. The van der Waals surface area contributed by atoms with E-state index in [2.05, 4.69) is 11.4 Å². The molecule has 0 saturated heterocycles. The first-order valence-corrected chi connectivity index (χ1v) is 6.38. The van der Waals surface area contributed by atoms with E-state index in [0.29, 0.717) is 18.9 Å². The van der Waals surface area contributed by atoms with Crippen molar-refractivity contribution in [2.45, 2.75) is 13.0 Å². The topological polar surface area (TPSA) is 47.6 Å². The SMILES string of the molecule is CCOC(=O)[C@H]1CNc2cc3ccccc3cc2O1.